The normalized spacial score (nSPS) is 10.7. The number of aromatic amines is 2. The third kappa shape index (κ3) is 2.31. The average Bonchev–Trinajstić information content (AvgIpc) is 3.08. The van der Waals surface area contributed by atoms with Crippen LogP contribution in [-0.4, -0.2) is 20.2 Å². The Bertz CT molecular complexity index is 601. The number of H-pyrrole nitrogens is 2. The van der Waals surface area contributed by atoms with Crippen LogP contribution in [0.3, 0.4) is 0 Å². The Labute approximate surface area is 109 Å². The summed E-state index contributed by atoms with van der Waals surface area (Å²) in [5.41, 5.74) is 2.25. The second-order valence-electron chi connectivity index (χ2n) is 3.82. The van der Waals surface area contributed by atoms with Crippen molar-refractivity contribution >= 4 is 11.8 Å². The molecule has 0 amide bonds. The van der Waals surface area contributed by atoms with Gasteiger partial charge in [-0.15, -0.1) is 11.8 Å². The second kappa shape index (κ2) is 5.10. The Kier molecular flexibility index (Phi) is 3.14. The first kappa shape index (κ1) is 11.1. The van der Waals surface area contributed by atoms with Gasteiger partial charge in [-0.1, -0.05) is 30.3 Å². The summed E-state index contributed by atoms with van der Waals surface area (Å²) >= 11 is 1.75. The molecule has 0 radical (unpaired) electrons. The molecule has 1 aromatic carbocycles. The van der Waals surface area contributed by atoms with Crippen molar-refractivity contribution in [3.8, 4) is 11.5 Å². The van der Waals surface area contributed by atoms with Crippen molar-refractivity contribution in [3.63, 3.8) is 0 Å². The smallest absolute Gasteiger partial charge is 0.156 e. The minimum absolute atomic E-state index is 0.822. The van der Waals surface area contributed by atoms with Gasteiger partial charge < -0.3 is 4.98 Å². The molecule has 3 rings (SSSR count). The topological polar surface area (TPSA) is 57.4 Å². The van der Waals surface area contributed by atoms with Crippen molar-refractivity contribution in [1.82, 2.24) is 20.2 Å². The van der Waals surface area contributed by atoms with Gasteiger partial charge in [0, 0.05) is 18.1 Å². The highest BCUT2D eigenvalue weighted by Crippen LogP contribution is 2.29. The quantitative estimate of drug-likeness (QED) is 0.705. The first-order valence-electron chi connectivity index (χ1n) is 5.63. The number of hydrogen-bond acceptors (Lipinski definition) is 3. The second-order valence-corrected chi connectivity index (χ2v) is 4.84. The van der Waals surface area contributed by atoms with Crippen LogP contribution in [0.25, 0.3) is 11.5 Å². The molecular weight excluding hydrogens is 244 g/mol. The Morgan fingerprint density at radius 1 is 1.17 bits per heavy atom. The number of thioether (sulfide) groups is 1. The molecule has 5 heteroatoms. The van der Waals surface area contributed by atoms with E-state index in [0.29, 0.717) is 0 Å². The van der Waals surface area contributed by atoms with Crippen molar-refractivity contribution in [2.45, 2.75) is 10.6 Å². The number of nitrogens with zero attached hydrogens (tertiary/aromatic N) is 2. The summed E-state index contributed by atoms with van der Waals surface area (Å²) in [6, 6.07) is 10.4. The molecule has 2 heterocycles. The number of aromatic nitrogens is 4. The standard InChI is InChI=1S/C13H12N4S/c1-2-4-10(5-3-1)9-18-11-8-16-17-12(11)13-14-6-7-15-13/h1-8H,9H2,(H,14,15)(H,16,17). The lowest BCUT2D eigenvalue weighted by molar-refractivity contribution is 1.08. The van der Waals surface area contributed by atoms with E-state index < -0.39 is 0 Å². The summed E-state index contributed by atoms with van der Waals surface area (Å²) in [4.78, 5) is 8.42. The molecular formula is C13H12N4S. The van der Waals surface area contributed by atoms with Gasteiger partial charge in [0.15, 0.2) is 5.82 Å². The lowest BCUT2D eigenvalue weighted by Crippen LogP contribution is -1.84. The van der Waals surface area contributed by atoms with Crippen LogP contribution in [0.1, 0.15) is 5.56 Å². The zero-order valence-corrected chi connectivity index (χ0v) is 10.4. The van der Waals surface area contributed by atoms with Crippen molar-refractivity contribution in [1.29, 1.82) is 0 Å². The van der Waals surface area contributed by atoms with E-state index in [4.69, 9.17) is 0 Å². The van der Waals surface area contributed by atoms with E-state index >= 15 is 0 Å². The Hall–Kier alpha value is -2.01. The van der Waals surface area contributed by atoms with Crippen molar-refractivity contribution in [2.75, 3.05) is 0 Å². The molecule has 18 heavy (non-hydrogen) atoms. The highest BCUT2D eigenvalue weighted by Gasteiger charge is 2.09. The molecule has 90 valence electrons. The van der Waals surface area contributed by atoms with Crippen LogP contribution < -0.4 is 0 Å². The molecule has 0 saturated heterocycles. The SMILES string of the molecule is c1ccc(CSc2cn[nH]c2-c2ncc[nH]2)cc1. The van der Waals surface area contributed by atoms with Crippen LogP contribution in [0.15, 0.2) is 53.8 Å². The first-order valence-corrected chi connectivity index (χ1v) is 6.62. The van der Waals surface area contributed by atoms with Crippen molar-refractivity contribution < 1.29 is 0 Å². The third-order valence-electron chi connectivity index (χ3n) is 2.58. The third-order valence-corrected chi connectivity index (χ3v) is 3.67. The summed E-state index contributed by atoms with van der Waals surface area (Å²) in [7, 11) is 0. The lowest BCUT2D eigenvalue weighted by Gasteiger charge is -2.01. The molecule has 0 aliphatic carbocycles. The molecule has 2 N–H and O–H groups in total. The van der Waals surface area contributed by atoms with Gasteiger partial charge in [0.2, 0.25) is 0 Å². The maximum atomic E-state index is 4.23. The van der Waals surface area contributed by atoms with E-state index in [1.54, 1.807) is 18.0 Å². The van der Waals surface area contributed by atoms with Crippen LogP contribution >= 0.6 is 11.8 Å². The zero-order chi connectivity index (χ0) is 12.2. The van der Waals surface area contributed by atoms with Crippen LogP contribution in [0.5, 0.6) is 0 Å². The molecule has 0 saturated carbocycles. The fourth-order valence-corrected chi connectivity index (χ4v) is 2.62. The van der Waals surface area contributed by atoms with Gasteiger partial charge in [0.05, 0.1) is 11.1 Å². The first-order chi connectivity index (χ1) is 8.93. The minimum atomic E-state index is 0.822. The molecule has 0 aliphatic rings. The summed E-state index contributed by atoms with van der Waals surface area (Å²) in [6.07, 6.45) is 5.38. The van der Waals surface area contributed by atoms with Gasteiger partial charge in [-0.25, -0.2) is 4.98 Å². The number of rotatable bonds is 4. The summed E-state index contributed by atoms with van der Waals surface area (Å²) in [5.74, 6) is 1.75. The predicted octanol–water partition coefficient (Wildman–Crippen LogP) is 3.09. The lowest BCUT2D eigenvalue weighted by atomic mass is 10.2. The van der Waals surface area contributed by atoms with E-state index in [2.05, 4.69) is 44.4 Å². The van der Waals surface area contributed by atoms with E-state index in [-0.39, 0.29) is 0 Å². The van der Waals surface area contributed by atoms with E-state index in [1.165, 1.54) is 5.56 Å². The van der Waals surface area contributed by atoms with Gasteiger partial charge in [-0.3, -0.25) is 5.10 Å². The Morgan fingerprint density at radius 3 is 2.83 bits per heavy atom. The highest BCUT2D eigenvalue weighted by atomic mass is 32.2. The number of hydrogen-bond donors (Lipinski definition) is 2. The molecule has 4 nitrogen and oxygen atoms in total. The Balaban J connectivity index is 1.76. The molecule has 0 fully saturated rings. The van der Waals surface area contributed by atoms with E-state index in [9.17, 15) is 0 Å². The minimum Gasteiger partial charge on any atom is -0.343 e. The molecule has 0 aliphatic heterocycles. The summed E-state index contributed by atoms with van der Waals surface area (Å²) < 4.78 is 0. The monoisotopic (exact) mass is 256 g/mol. The zero-order valence-electron chi connectivity index (χ0n) is 9.63. The fourth-order valence-electron chi connectivity index (χ4n) is 1.69. The summed E-state index contributed by atoms with van der Waals surface area (Å²) in [6.45, 7) is 0. The number of nitrogens with one attached hydrogen (secondary N) is 2. The van der Waals surface area contributed by atoms with E-state index in [0.717, 1.165) is 22.2 Å². The van der Waals surface area contributed by atoms with Crippen LogP contribution in [0, 0.1) is 0 Å². The fraction of sp³-hybridized carbons (Fsp3) is 0.0769. The van der Waals surface area contributed by atoms with Crippen LogP contribution in [0.2, 0.25) is 0 Å². The number of imidazole rings is 1. The van der Waals surface area contributed by atoms with E-state index in [1.807, 2.05) is 18.5 Å². The molecule has 0 bridgehead atoms. The van der Waals surface area contributed by atoms with Gasteiger partial charge in [0.1, 0.15) is 5.69 Å². The van der Waals surface area contributed by atoms with Gasteiger partial charge in [-0.2, -0.15) is 5.10 Å². The van der Waals surface area contributed by atoms with Gasteiger partial charge in [-0.05, 0) is 5.56 Å². The maximum absolute atomic E-state index is 4.23. The van der Waals surface area contributed by atoms with Crippen LogP contribution in [-0.2, 0) is 5.75 Å². The average molecular weight is 256 g/mol. The van der Waals surface area contributed by atoms with Gasteiger partial charge >= 0.3 is 0 Å². The largest absolute Gasteiger partial charge is 0.343 e. The number of benzene rings is 1. The molecule has 0 atom stereocenters. The van der Waals surface area contributed by atoms with Gasteiger partial charge in [0.25, 0.3) is 0 Å². The molecule has 3 aromatic rings. The molecule has 0 spiro atoms. The molecule has 0 unspecified atom stereocenters. The summed E-state index contributed by atoms with van der Waals surface area (Å²) in [5, 5.41) is 7.06. The predicted molar refractivity (Wildman–Crippen MR) is 72.2 cm³/mol. The van der Waals surface area contributed by atoms with Crippen LogP contribution in [0.4, 0.5) is 0 Å². The highest BCUT2D eigenvalue weighted by molar-refractivity contribution is 7.98. The molecule has 2 aromatic heterocycles. The van der Waals surface area contributed by atoms with Crippen molar-refractivity contribution in [3.05, 3.63) is 54.5 Å². The Morgan fingerprint density at radius 2 is 2.06 bits per heavy atom. The maximum Gasteiger partial charge on any atom is 0.156 e. The van der Waals surface area contributed by atoms with Crippen molar-refractivity contribution in [2.24, 2.45) is 0 Å².